The molecule has 0 fully saturated rings. The van der Waals surface area contributed by atoms with E-state index in [-0.39, 0.29) is 5.91 Å². The number of aromatic nitrogens is 1. The Bertz CT molecular complexity index is 908. The van der Waals surface area contributed by atoms with E-state index in [0.717, 1.165) is 32.7 Å². The molecule has 27 heavy (non-hydrogen) atoms. The first-order chi connectivity index (χ1) is 13.1. The van der Waals surface area contributed by atoms with Crippen LogP contribution in [0.1, 0.15) is 26.6 Å². The molecular formula is C21H22N2O2S2. The number of thioether (sulfide) groups is 1. The molecule has 0 aliphatic heterocycles. The number of amides is 1. The standard InChI is InChI=1S/C21H22N2O2S2/c1-15-6-5-7-18(12-15)25-11-10-22-21(24)19-8-3-4-9-20(19)27-14-17-13-26-16(2)23-17/h3-9,12-13H,10-11,14H2,1-2H3,(H,22,24). The van der Waals surface area contributed by atoms with E-state index >= 15 is 0 Å². The largest absolute Gasteiger partial charge is 0.492 e. The van der Waals surface area contributed by atoms with Crippen molar-refractivity contribution in [2.75, 3.05) is 13.2 Å². The maximum absolute atomic E-state index is 12.6. The lowest BCUT2D eigenvalue weighted by Crippen LogP contribution is -2.28. The zero-order chi connectivity index (χ0) is 19.1. The van der Waals surface area contributed by atoms with E-state index in [1.807, 2.05) is 62.4 Å². The van der Waals surface area contributed by atoms with E-state index in [0.29, 0.717) is 18.7 Å². The molecule has 1 aromatic heterocycles. The van der Waals surface area contributed by atoms with Gasteiger partial charge in [0.05, 0.1) is 22.8 Å². The second-order valence-electron chi connectivity index (χ2n) is 6.06. The Morgan fingerprint density at radius 3 is 2.81 bits per heavy atom. The molecule has 1 amide bonds. The van der Waals surface area contributed by atoms with E-state index < -0.39 is 0 Å². The third-order valence-corrected chi connectivity index (χ3v) is 5.75. The monoisotopic (exact) mass is 398 g/mol. The van der Waals surface area contributed by atoms with Gasteiger partial charge in [-0.25, -0.2) is 4.98 Å². The molecule has 0 spiro atoms. The van der Waals surface area contributed by atoms with Gasteiger partial charge in [-0.2, -0.15) is 0 Å². The number of rotatable bonds is 8. The van der Waals surface area contributed by atoms with Crippen molar-refractivity contribution in [1.82, 2.24) is 10.3 Å². The van der Waals surface area contributed by atoms with Crippen LogP contribution < -0.4 is 10.1 Å². The van der Waals surface area contributed by atoms with Crippen molar-refractivity contribution in [1.29, 1.82) is 0 Å². The molecule has 0 atom stereocenters. The van der Waals surface area contributed by atoms with Gasteiger partial charge in [-0.15, -0.1) is 23.1 Å². The predicted molar refractivity (Wildman–Crippen MR) is 112 cm³/mol. The lowest BCUT2D eigenvalue weighted by atomic mass is 10.2. The third-order valence-electron chi connectivity index (χ3n) is 3.82. The maximum atomic E-state index is 12.6. The molecule has 1 heterocycles. The van der Waals surface area contributed by atoms with Crippen LogP contribution in [-0.2, 0) is 5.75 Å². The molecule has 140 valence electrons. The number of hydrogen-bond donors (Lipinski definition) is 1. The summed E-state index contributed by atoms with van der Waals surface area (Å²) in [4.78, 5) is 18.0. The Morgan fingerprint density at radius 2 is 2.04 bits per heavy atom. The van der Waals surface area contributed by atoms with Crippen LogP contribution in [-0.4, -0.2) is 24.0 Å². The highest BCUT2D eigenvalue weighted by molar-refractivity contribution is 7.98. The smallest absolute Gasteiger partial charge is 0.252 e. The average Bonchev–Trinajstić information content (AvgIpc) is 3.09. The molecule has 0 radical (unpaired) electrons. The summed E-state index contributed by atoms with van der Waals surface area (Å²) in [5.41, 5.74) is 2.88. The summed E-state index contributed by atoms with van der Waals surface area (Å²) in [5.74, 6) is 1.49. The van der Waals surface area contributed by atoms with E-state index in [1.54, 1.807) is 23.1 Å². The number of hydrogen-bond acceptors (Lipinski definition) is 5. The van der Waals surface area contributed by atoms with E-state index in [2.05, 4.69) is 15.7 Å². The molecule has 0 saturated heterocycles. The first-order valence-corrected chi connectivity index (χ1v) is 10.6. The second kappa shape index (κ2) is 9.58. The van der Waals surface area contributed by atoms with Gasteiger partial charge >= 0.3 is 0 Å². The first kappa shape index (κ1) is 19.5. The number of thiazole rings is 1. The molecule has 0 unspecified atom stereocenters. The molecule has 3 aromatic rings. The highest BCUT2D eigenvalue weighted by Gasteiger charge is 2.11. The normalized spacial score (nSPS) is 10.6. The van der Waals surface area contributed by atoms with Crippen LogP contribution in [0.15, 0.2) is 58.8 Å². The number of nitrogens with one attached hydrogen (secondary N) is 1. The van der Waals surface area contributed by atoms with Gasteiger partial charge in [0.15, 0.2) is 0 Å². The minimum absolute atomic E-state index is 0.0830. The number of carbonyl (C=O) groups is 1. The third kappa shape index (κ3) is 5.84. The van der Waals surface area contributed by atoms with Gasteiger partial charge in [0.25, 0.3) is 5.91 Å². The predicted octanol–water partition coefficient (Wildman–Crippen LogP) is 4.86. The van der Waals surface area contributed by atoms with Gasteiger partial charge < -0.3 is 10.1 Å². The molecule has 3 rings (SSSR count). The van der Waals surface area contributed by atoms with Gasteiger partial charge in [-0.05, 0) is 43.7 Å². The summed E-state index contributed by atoms with van der Waals surface area (Å²) in [7, 11) is 0. The number of aryl methyl sites for hydroxylation is 2. The first-order valence-electron chi connectivity index (χ1n) is 8.72. The van der Waals surface area contributed by atoms with Crippen LogP contribution >= 0.6 is 23.1 Å². The Hall–Kier alpha value is -2.31. The minimum atomic E-state index is -0.0830. The van der Waals surface area contributed by atoms with E-state index in [9.17, 15) is 4.79 Å². The van der Waals surface area contributed by atoms with Crippen LogP contribution in [0.4, 0.5) is 0 Å². The molecule has 0 bridgehead atoms. The van der Waals surface area contributed by atoms with Gasteiger partial charge in [-0.3, -0.25) is 4.79 Å². The maximum Gasteiger partial charge on any atom is 0.252 e. The summed E-state index contributed by atoms with van der Waals surface area (Å²) in [5, 5.41) is 6.06. The molecule has 0 aliphatic carbocycles. The summed E-state index contributed by atoms with van der Waals surface area (Å²) in [6.07, 6.45) is 0. The van der Waals surface area contributed by atoms with Crippen molar-refractivity contribution < 1.29 is 9.53 Å². The number of benzene rings is 2. The summed E-state index contributed by atoms with van der Waals surface area (Å²) >= 11 is 3.28. The van der Waals surface area contributed by atoms with E-state index in [4.69, 9.17) is 4.74 Å². The Kier molecular flexibility index (Phi) is 6.90. The van der Waals surface area contributed by atoms with Crippen molar-refractivity contribution in [2.45, 2.75) is 24.5 Å². The minimum Gasteiger partial charge on any atom is -0.492 e. The number of nitrogens with zero attached hydrogens (tertiary/aromatic N) is 1. The molecule has 0 aliphatic rings. The zero-order valence-corrected chi connectivity index (χ0v) is 17.0. The molecule has 4 nitrogen and oxygen atoms in total. The van der Waals surface area contributed by atoms with Crippen LogP contribution in [0.25, 0.3) is 0 Å². The highest BCUT2D eigenvalue weighted by atomic mass is 32.2. The van der Waals surface area contributed by atoms with Crippen molar-refractivity contribution >= 4 is 29.0 Å². The molecule has 2 aromatic carbocycles. The SMILES string of the molecule is Cc1cccc(OCCNC(=O)c2ccccc2SCc2csc(C)n2)c1. The fraction of sp³-hybridized carbons (Fsp3) is 0.238. The fourth-order valence-electron chi connectivity index (χ4n) is 2.54. The van der Waals surface area contributed by atoms with Gasteiger partial charge in [0.2, 0.25) is 0 Å². The van der Waals surface area contributed by atoms with Gasteiger partial charge in [0.1, 0.15) is 12.4 Å². The number of carbonyl (C=O) groups excluding carboxylic acids is 1. The van der Waals surface area contributed by atoms with Crippen LogP contribution in [0.5, 0.6) is 5.75 Å². The van der Waals surface area contributed by atoms with Gasteiger partial charge in [-0.1, -0.05) is 24.3 Å². The lowest BCUT2D eigenvalue weighted by Gasteiger charge is -2.11. The molecule has 0 saturated carbocycles. The highest BCUT2D eigenvalue weighted by Crippen LogP contribution is 2.26. The fourth-order valence-corrected chi connectivity index (χ4v) is 4.20. The van der Waals surface area contributed by atoms with Crippen LogP contribution in [0.3, 0.4) is 0 Å². The summed E-state index contributed by atoms with van der Waals surface area (Å²) < 4.78 is 5.68. The summed E-state index contributed by atoms with van der Waals surface area (Å²) in [6.45, 7) is 4.91. The van der Waals surface area contributed by atoms with Crippen molar-refractivity contribution in [3.05, 3.63) is 75.7 Å². The topological polar surface area (TPSA) is 51.2 Å². The second-order valence-corrected chi connectivity index (χ2v) is 8.14. The summed E-state index contributed by atoms with van der Waals surface area (Å²) in [6, 6.07) is 15.5. The van der Waals surface area contributed by atoms with Crippen molar-refractivity contribution in [2.24, 2.45) is 0 Å². The average molecular weight is 399 g/mol. The number of ether oxygens (including phenoxy) is 1. The quantitative estimate of drug-likeness (QED) is 0.435. The van der Waals surface area contributed by atoms with Crippen molar-refractivity contribution in [3.63, 3.8) is 0 Å². The van der Waals surface area contributed by atoms with Crippen LogP contribution in [0, 0.1) is 13.8 Å². The van der Waals surface area contributed by atoms with E-state index in [1.165, 1.54) is 0 Å². The zero-order valence-electron chi connectivity index (χ0n) is 15.4. The lowest BCUT2D eigenvalue weighted by molar-refractivity contribution is 0.0944. The molecule has 1 N–H and O–H groups in total. The van der Waals surface area contributed by atoms with Gasteiger partial charge in [0, 0.05) is 16.0 Å². The van der Waals surface area contributed by atoms with Crippen LogP contribution in [0.2, 0.25) is 0 Å². The Balaban J connectivity index is 1.51. The Morgan fingerprint density at radius 1 is 1.19 bits per heavy atom. The molecular weight excluding hydrogens is 376 g/mol. The van der Waals surface area contributed by atoms with Crippen molar-refractivity contribution in [3.8, 4) is 5.75 Å². The Labute approximate surface area is 168 Å². The molecule has 6 heteroatoms.